The van der Waals surface area contributed by atoms with Gasteiger partial charge < -0.3 is 0 Å². The smallest absolute Gasteiger partial charge is 0.232 e. The number of hydrogen-bond acceptors (Lipinski definition) is 3. The van der Waals surface area contributed by atoms with Crippen molar-refractivity contribution in [3.63, 3.8) is 0 Å². The summed E-state index contributed by atoms with van der Waals surface area (Å²) in [5.74, 6) is 0. The van der Waals surface area contributed by atoms with Gasteiger partial charge in [0.15, 0.2) is 0 Å². The van der Waals surface area contributed by atoms with Gasteiger partial charge in [0.1, 0.15) is 0 Å². The summed E-state index contributed by atoms with van der Waals surface area (Å²) in [6.45, 7) is 0.279. The minimum absolute atomic E-state index is 0.279. The summed E-state index contributed by atoms with van der Waals surface area (Å²) < 4.78 is 26.3. The topological polar surface area (TPSA) is 61.2 Å². The average molecular weight is 338 g/mol. The molecule has 3 rings (SSSR count). The zero-order valence-electron chi connectivity index (χ0n) is 13.4. The fourth-order valence-corrected chi connectivity index (χ4v) is 3.94. The van der Waals surface area contributed by atoms with Crippen LogP contribution in [0.1, 0.15) is 23.1 Å². The second-order valence-corrected chi connectivity index (χ2v) is 7.73. The van der Waals surface area contributed by atoms with Crippen LogP contribution in [0.3, 0.4) is 0 Å². The fourth-order valence-electron chi connectivity index (χ4n) is 3.03. The summed E-state index contributed by atoms with van der Waals surface area (Å²) in [7, 11) is -3.44. The Kier molecular flexibility index (Phi) is 4.41. The van der Waals surface area contributed by atoms with Gasteiger partial charge in [-0.3, -0.25) is 4.31 Å². The molecule has 0 bridgehead atoms. The lowest BCUT2D eigenvalue weighted by molar-refractivity contribution is 0.596. The molecule has 4 nitrogen and oxygen atoms in total. The number of nitrogens with zero attached hydrogens (tertiary/aromatic N) is 2. The zero-order valence-corrected chi connectivity index (χ0v) is 14.3. The summed E-state index contributed by atoms with van der Waals surface area (Å²) in [6.07, 6.45) is 4.61. The van der Waals surface area contributed by atoms with Gasteiger partial charge in [0.2, 0.25) is 10.0 Å². The second-order valence-electron chi connectivity index (χ2n) is 5.83. The molecule has 5 heteroatoms. The van der Waals surface area contributed by atoms with E-state index in [1.807, 2.05) is 54.6 Å². The molecule has 0 aliphatic heterocycles. The van der Waals surface area contributed by atoms with Crippen molar-refractivity contribution in [3.05, 3.63) is 71.3 Å². The second kappa shape index (κ2) is 6.50. The third-order valence-corrected chi connectivity index (χ3v) is 5.27. The lowest BCUT2D eigenvalue weighted by Crippen LogP contribution is -2.30. The molecule has 0 fully saturated rings. The average Bonchev–Trinajstić information content (AvgIpc) is 2.58. The highest BCUT2D eigenvalue weighted by Gasteiger charge is 2.24. The lowest BCUT2D eigenvalue weighted by atomic mass is 9.90. The molecular weight excluding hydrogens is 320 g/mol. The third kappa shape index (κ3) is 3.19. The van der Waals surface area contributed by atoms with E-state index in [2.05, 4.69) is 6.07 Å². The van der Waals surface area contributed by atoms with Crippen LogP contribution in [0.2, 0.25) is 0 Å². The minimum Gasteiger partial charge on any atom is -0.266 e. The lowest BCUT2D eigenvalue weighted by Gasteiger charge is -2.27. The number of fused-ring (bicyclic) bond motifs is 1. The Balaban J connectivity index is 2.11. The molecule has 0 radical (unpaired) electrons. The van der Waals surface area contributed by atoms with Crippen LogP contribution in [0.5, 0.6) is 0 Å². The number of hydrogen-bond donors (Lipinski definition) is 0. The van der Waals surface area contributed by atoms with Crippen LogP contribution < -0.4 is 4.31 Å². The van der Waals surface area contributed by atoms with Gasteiger partial charge in [-0.2, -0.15) is 5.26 Å². The van der Waals surface area contributed by atoms with Crippen molar-refractivity contribution in [3.8, 4) is 6.07 Å². The Labute approximate surface area is 142 Å². The van der Waals surface area contributed by atoms with Crippen LogP contribution in [-0.2, 0) is 23.0 Å². The monoisotopic (exact) mass is 338 g/mol. The Morgan fingerprint density at radius 3 is 2.54 bits per heavy atom. The molecule has 0 atom stereocenters. The maximum Gasteiger partial charge on any atom is 0.232 e. The molecule has 0 saturated heterocycles. The van der Waals surface area contributed by atoms with Gasteiger partial charge in [-0.05, 0) is 35.6 Å². The first-order valence-electron chi connectivity index (χ1n) is 7.75. The van der Waals surface area contributed by atoms with E-state index >= 15 is 0 Å². The first-order valence-corrected chi connectivity index (χ1v) is 9.59. The highest BCUT2D eigenvalue weighted by molar-refractivity contribution is 7.92. The van der Waals surface area contributed by atoms with Crippen LogP contribution in [0.4, 0.5) is 5.69 Å². The number of sulfonamides is 1. The highest BCUT2D eigenvalue weighted by atomic mass is 32.2. The van der Waals surface area contributed by atoms with Crippen molar-refractivity contribution in [1.29, 1.82) is 5.26 Å². The van der Waals surface area contributed by atoms with Gasteiger partial charge in [0, 0.05) is 0 Å². The van der Waals surface area contributed by atoms with Gasteiger partial charge in [0.25, 0.3) is 0 Å². The van der Waals surface area contributed by atoms with Crippen LogP contribution in [0.15, 0.2) is 54.6 Å². The van der Waals surface area contributed by atoms with Crippen molar-refractivity contribution in [2.45, 2.75) is 19.4 Å². The van der Waals surface area contributed by atoms with Crippen LogP contribution in [0.25, 0.3) is 5.57 Å². The summed E-state index contributed by atoms with van der Waals surface area (Å²) in [6, 6.07) is 17.2. The maximum absolute atomic E-state index is 12.4. The molecule has 0 aromatic heterocycles. The van der Waals surface area contributed by atoms with E-state index in [9.17, 15) is 13.7 Å². The summed E-state index contributed by atoms with van der Waals surface area (Å²) >= 11 is 0. The predicted octanol–water partition coefficient (Wildman–Crippen LogP) is 3.51. The van der Waals surface area contributed by atoms with Crippen molar-refractivity contribution >= 4 is 21.3 Å². The van der Waals surface area contributed by atoms with Crippen molar-refractivity contribution < 1.29 is 8.42 Å². The normalized spacial score (nSPS) is 13.6. The Hall–Kier alpha value is -2.58. The Bertz CT molecular complexity index is 926. The maximum atomic E-state index is 12.4. The van der Waals surface area contributed by atoms with Gasteiger partial charge >= 0.3 is 0 Å². The minimum atomic E-state index is -3.44. The first kappa shape index (κ1) is 16.3. The van der Waals surface area contributed by atoms with Crippen LogP contribution in [-0.4, -0.2) is 14.7 Å². The van der Waals surface area contributed by atoms with Crippen LogP contribution >= 0.6 is 0 Å². The molecule has 2 aromatic carbocycles. The highest BCUT2D eigenvalue weighted by Crippen LogP contribution is 2.35. The van der Waals surface area contributed by atoms with Crippen molar-refractivity contribution in [2.24, 2.45) is 0 Å². The summed E-state index contributed by atoms with van der Waals surface area (Å²) in [5.41, 5.74) is 3.97. The fraction of sp³-hybridized carbons (Fsp3) is 0.211. The molecule has 0 unspecified atom stereocenters. The molecule has 0 amide bonds. The van der Waals surface area contributed by atoms with E-state index in [4.69, 9.17) is 0 Å². The molecule has 0 N–H and O–H groups in total. The quantitative estimate of drug-likeness (QED) is 0.857. The zero-order chi connectivity index (χ0) is 17.2. The van der Waals surface area contributed by atoms with Gasteiger partial charge in [-0.1, -0.05) is 48.5 Å². The van der Waals surface area contributed by atoms with E-state index in [-0.39, 0.29) is 6.54 Å². The summed E-state index contributed by atoms with van der Waals surface area (Å²) in [4.78, 5) is 0. The molecule has 0 heterocycles. The standard InChI is InChI=1S/C19H18N2O2S/c1-24(22,23)21(14-15-7-3-2-4-8-15)19-12-6-10-17-16(13-20)9-5-11-18(17)19/h2-4,6-10,12H,5,11,14H2,1H3. The molecular formula is C19H18N2O2S. The van der Waals surface area contributed by atoms with E-state index in [1.165, 1.54) is 10.6 Å². The summed E-state index contributed by atoms with van der Waals surface area (Å²) in [5, 5.41) is 9.31. The molecule has 2 aromatic rings. The molecule has 122 valence electrons. The predicted molar refractivity (Wildman–Crippen MR) is 95.8 cm³/mol. The SMILES string of the molecule is CS(=O)(=O)N(Cc1ccccc1)c1cccc2c1CCC=C2C#N. The number of benzene rings is 2. The Morgan fingerprint density at radius 1 is 1.12 bits per heavy atom. The molecule has 1 aliphatic rings. The van der Waals surface area contributed by atoms with Crippen molar-refractivity contribution in [2.75, 3.05) is 10.6 Å². The molecule has 0 spiro atoms. The van der Waals surface area contributed by atoms with E-state index in [0.29, 0.717) is 11.3 Å². The molecule has 24 heavy (non-hydrogen) atoms. The van der Waals surface area contributed by atoms with E-state index in [0.717, 1.165) is 29.5 Å². The number of anilines is 1. The van der Waals surface area contributed by atoms with E-state index in [1.54, 1.807) is 0 Å². The van der Waals surface area contributed by atoms with Crippen molar-refractivity contribution in [1.82, 2.24) is 0 Å². The van der Waals surface area contributed by atoms with Gasteiger partial charge in [-0.15, -0.1) is 0 Å². The molecule has 1 aliphatic carbocycles. The number of allylic oxidation sites excluding steroid dienone is 2. The van der Waals surface area contributed by atoms with Gasteiger partial charge in [0.05, 0.1) is 30.1 Å². The Morgan fingerprint density at radius 2 is 1.88 bits per heavy atom. The first-order chi connectivity index (χ1) is 11.5. The number of nitriles is 1. The third-order valence-electron chi connectivity index (χ3n) is 4.14. The van der Waals surface area contributed by atoms with Crippen LogP contribution in [0, 0.1) is 11.3 Å². The number of rotatable bonds is 4. The molecule has 0 saturated carbocycles. The van der Waals surface area contributed by atoms with E-state index < -0.39 is 10.0 Å². The largest absolute Gasteiger partial charge is 0.266 e. The van der Waals surface area contributed by atoms with Gasteiger partial charge in [-0.25, -0.2) is 8.42 Å².